The minimum absolute atomic E-state index is 0.160. The third kappa shape index (κ3) is 2.88. The van der Waals surface area contributed by atoms with Crippen LogP contribution in [0.5, 0.6) is 0 Å². The summed E-state index contributed by atoms with van der Waals surface area (Å²) in [6.45, 7) is 0.487. The van der Waals surface area contributed by atoms with Crippen molar-refractivity contribution in [1.29, 1.82) is 0 Å². The minimum atomic E-state index is -0.160. The summed E-state index contributed by atoms with van der Waals surface area (Å²) in [6, 6.07) is 7.37. The topological polar surface area (TPSA) is 64.2 Å². The summed E-state index contributed by atoms with van der Waals surface area (Å²) in [5.74, 6) is -0.160. The maximum Gasteiger partial charge on any atom is 0.274 e. The third-order valence-electron chi connectivity index (χ3n) is 2.85. The standard InChI is InChI=1S/C13H15ClN4O/c1-17(8-9-3-5-10(14)6-4-9)13(19)12-11(15)7-16-18(12)2/h3-7H,8,15H2,1-2H3. The van der Waals surface area contributed by atoms with Gasteiger partial charge in [-0.3, -0.25) is 9.48 Å². The van der Waals surface area contributed by atoms with Crippen molar-refractivity contribution in [1.82, 2.24) is 14.7 Å². The highest BCUT2D eigenvalue weighted by Crippen LogP contribution is 2.15. The predicted molar refractivity (Wildman–Crippen MR) is 74.9 cm³/mol. The van der Waals surface area contributed by atoms with E-state index in [2.05, 4.69) is 5.10 Å². The Morgan fingerprint density at radius 1 is 1.42 bits per heavy atom. The van der Waals surface area contributed by atoms with Crippen molar-refractivity contribution in [2.45, 2.75) is 6.54 Å². The van der Waals surface area contributed by atoms with E-state index in [1.807, 2.05) is 12.1 Å². The van der Waals surface area contributed by atoms with E-state index in [4.69, 9.17) is 17.3 Å². The molecular formula is C13H15ClN4O. The second-order valence-electron chi connectivity index (χ2n) is 4.36. The molecule has 2 rings (SSSR count). The monoisotopic (exact) mass is 278 g/mol. The van der Waals surface area contributed by atoms with Crippen LogP contribution in [0.4, 0.5) is 5.69 Å². The van der Waals surface area contributed by atoms with Gasteiger partial charge in [0.15, 0.2) is 0 Å². The molecule has 2 aromatic rings. The molecule has 1 aromatic carbocycles. The average Bonchev–Trinajstić information content (AvgIpc) is 2.71. The second kappa shape index (κ2) is 5.32. The Kier molecular flexibility index (Phi) is 3.76. The van der Waals surface area contributed by atoms with E-state index in [1.165, 1.54) is 10.9 Å². The number of nitrogen functional groups attached to an aromatic ring is 1. The molecule has 0 fully saturated rings. The summed E-state index contributed by atoms with van der Waals surface area (Å²) in [6.07, 6.45) is 1.48. The van der Waals surface area contributed by atoms with Gasteiger partial charge in [-0.15, -0.1) is 0 Å². The largest absolute Gasteiger partial charge is 0.396 e. The number of nitrogens with two attached hydrogens (primary N) is 1. The Balaban J connectivity index is 2.14. The summed E-state index contributed by atoms with van der Waals surface area (Å²) >= 11 is 5.82. The number of anilines is 1. The number of amides is 1. The molecule has 0 aliphatic heterocycles. The number of aromatic nitrogens is 2. The number of hydrogen-bond donors (Lipinski definition) is 1. The van der Waals surface area contributed by atoms with Crippen LogP contribution in [0.3, 0.4) is 0 Å². The minimum Gasteiger partial charge on any atom is -0.396 e. The number of carbonyl (C=O) groups excluding carboxylic acids is 1. The number of halogens is 1. The molecule has 5 nitrogen and oxygen atoms in total. The van der Waals surface area contributed by atoms with Gasteiger partial charge in [0, 0.05) is 25.7 Å². The van der Waals surface area contributed by atoms with Crippen LogP contribution in [0.2, 0.25) is 5.02 Å². The molecular weight excluding hydrogens is 264 g/mol. The molecule has 0 aliphatic carbocycles. The van der Waals surface area contributed by atoms with Crippen molar-refractivity contribution in [2.24, 2.45) is 7.05 Å². The normalized spacial score (nSPS) is 10.5. The van der Waals surface area contributed by atoms with Crippen LogP contribution in [-0.2, 0) is 13.6 Å². The molecule has 2 N–H and O–H groups in total. The molecule has 100 valence electrons. The van der Waals surface area contributed by atoms with Gasteiger partial charge in [-0.1, -0.05) is 23.7 Å². The van der Waals surface area contributed by atoms with Crippen molar-refractivity contribution >= 4 is 23.2 Å². The van der Waals surface area contributed by atoms with Crippen LogP contribution < -0.4 is 5.73 Å². The van der Waals surface area contributed by atoms with Gasteiger partial charge in [0.05, 0.1) is 11.9 Å². The molecule has 0 unspecified atom stereocenters. The van der Waals surface area contributed by atoms with Crippen molar-refractivity contribution in [2.75, 3.05) is 12.8 Å². The lowest BCUT2D eigenvalue weighted by molar-refractivity contribution is 0.0775. The molecule has 0 saturated heterocycles. The molecule has 0 saturated carbocycles. The summed E-state index contributed by atoms with van der Waals surface area (Å²) in [7, 11) is 3.42. The molecule has 0 radical (unpaired) electrons. The van der Waals surface area contributed by atoms with E-state index in [9.17, 15) is 4.79 Å². The average molecular weight is 279 g/mol. The lowest BCUT2D eigenvalue weighted by Crippen LogP contribution is -2.28. The number of carbonyl (C=O) groups is 1. The number of hydrogen-bond acceptors (Lipinski definition) is 3. The molecule has 0 spiro atoms. The van der Waals surface area contributed by atoms with Gasteiger partial charge >= 0.3 is 0 Å². The van der Waals surface area contributed by atoms with Gasteiger partial charge in [-0.05, 0) is 17.7 Å². The van der Waals surface area contributed by atoms with Crippen LogP contribution >= 0.6 is 11.6 Å². The number of rotatable bonds is 3. The van der Waals surface area contributed by atoms with Crippen molar-refractivity contribution in [3.05, 3.63) is 46.7 Å². The van der Waals surface area contributed by atoms with Crippen LogP contribution in [-0.4, -0.2) is 27.6 Å². The molecule has 6 heteroatoms. The summed E-state index contributed by atoms with van der Waals surface area (Å²) in [5.41, 5.74) is 7.53. The molecule has 1 aromatic heterocycles. The van der Waals surface area contributed by atoms with E-state index in [-0.39, 0.29) is 5.91 Å². The first kappa shape index (κ1) is 13.4. The summed E-state index contributed by atoms with van der Waals surface area (Å²) in [5, 5.41) is 4.64. The Labute approximate surface area is 116 Å². The Morgan fingerprint density at radius 3 is 2.58 bits per heavy atom. The molecule has 0 aliphatic rings. The van der Waals surface area contributed by atoms with Crippen molar-refractivity contribution in [3.8, 4) is 0 Å². The highest BCUT2D eigenvalue weighted by molar-refractivity contribution is 6.30. The highest BCUT2D eigenvalue weighted by atomic mass is 35.5. The number of nitrogens with zero attached hydrogens (tertiary/aromatic N) is 3. The first-order valence-electron chi connectivity index (χ1n) is 5.76. The molecule has 1 amide bonds. The Hall–Kier alpha value is -2.01. The quantitative estimate of drug-likeness (QED) is 0.933. The van der Waals surface area contributed by atoms with Gasteiger partial charge in [0.2, 0.25) is 0 Å². The third-order valence-corrected chi connectivity index (χ3v) is 3.10. The van der Waals surface area contributed by atoms with Gasteiger partial charge in [0.25, 0.3) is 5.91 Å². The van der Waals surface area contributed by atoms with Gasteiger partial charge < -0.3 is 10.6 Å². The molecule has 1 heterocycles. The maximum absolute atomic E-state index is 12.3. The van der Waals surface area contributed by atoms with Gasteiger partial charge in [-0.25, -0.2) is 0 Å². The SMILES string of the molecule is CN(Cc1ccc(Cl)cc1)C(=O)c1c(N)cnn1C. The zero-order chi connectivity index (χ0) is 14.0. The molecule has 0 bridgehead atoms. The van der Waals surface area contributed by atoms with Crippen LogP contribution in [0, 0.1) is 0 Å². The van der Waals surface area contributed by atoms with E-state index in [1.54, 1.807) is 31.1 Å². The fraction of sp³-hybridized carbons (Fsp3) is 0.231. The molecule has 19 heavy (non-hydrogen) atoms. The van der Waals surface area contributed by atoms with Crippen molar-refractivity contribution in [3.63, 3.8) is 0 Å². The van der Waals surface area contributed by atoms with E-state index in [0.717, 1.165) is 5.56 Å². The maximum atomic E-state index is 12.3. The summed E-state index contributed by atoms with van der Waals surface area (Å²) in [4.78, 5) is 13.9. The van der Waals surface area contributed by atoms with Crippen LogP contribution in [0.15, 0.2) is 30.5 Å². The highest BCUT2D eigenvalue weighted by Gasteiger charge is 2.19. The number of aryl methyl sites for hydroxylation is 1. The molecule has 0 atom stereocenters. The predicted octanol–water partition coefficient (Wildman–Crippen LogP) is 1.93. The van der Waals surface area contributed by atoms with E-state index in [0.29, 0.717) is 22.9 Å². The summed E-state index contributed by atoms with van der Waals surface area (Å²) < 4.78 is 1.48. The zero-order valence-electron chi connectivity index (χ0n) is 10.8. The number of benzene rings is 1. The van der Waals surface area contributed by atoms with Crippen LogP contribution in [0.25, 0.3) is 0 Å². The lowest BCUT2D eigenvalue weighted by Gasteiger charge is -2.17. The first-order chi connectivity index (χ1) is 8.99. The fourth-order valence-corrected chi connectivity index (χ4v) is 1.96. The lowest BCUT2D eigenvalue weighted by atomic mass is 10.2. The van der Waals surface area contributed by atoms with E-state index < -0.39 is 0 Å². The first-order valence-corrected chi connectivity index (χ1v) is 6.14. The zero-order valence-corrected chi connectivity index (χ0v) is 11.6. The smallest absolute Gasteiger partial charge is 0.274 e. The fourth-order valence-electron chi connectivity index (χ4n) is 1.83. The second-order valence-corrected chi connectivity index (χ2v) is 4.80. The Morgan fingerprint density at radius 2 is 2.05 bits per heavy atom. The van der Waals surface area contributed by atoms with Crippen LogP contribution in [0.1, 0.15) is 16.1 Å². The van der Waals surface area contributed by atoms with Gasteiger partial charge in [-0.2, -0.15) is 5.10 Å². The van der Waals surface area contributed by atoms with Gasteiger partial charge in [0.1, 0.15) is 5.69 Å². The Bertz CT molecular complexity index is 572. The van der Waals surface area contributed by atoms with Crippen molar-refractivity contribution < 1.29 is 4.79 Å². The van der Waals surface area contributed by atoms with E-state index >= 15 is 0 Å².